The molecular formula is C12H15N3OS. The number of benzene rings is 1. The quantitative estimate of drug-likeness (QED) is 0.486. The van der Waals surface area contributed by atoms with Gasteiger partial charge in [0.25, 0.3) is 0 Å². The van der Waals surface area contributed by atoms with Gasteiger partial charge in [0.15, 0.2) is 5.11 Å². The van der Waals surface area contributed by atoms with Gasteiger partial charge in [-0.15, -0.1) is 0 Å². The predicted octanol–water partition coefficient (Wildman–Crippen LogP) is 1.92. The number of ether oxygens (including phenoxy) is 1. The SMILES string of the molecule is COc1ccc(C=C/C(C)=N/NC(N)=S)cc1. The first kappa shape index (κ1) is 13.2. The van der Waals surface area contributed by atoms with Gasteiger partial charge in [-0.05, 0) is 42.9 Å². The Kier molecular flexibility index (Phi) is 5.16. The standard InChI is InChI=1S/C12H15N3OS/c1-9(14-15-12(13)17)3-4-10-5-7-11(16-2)8-6-10/h3-8H,1-2H3,(H3,13,15,17)/b4-3?,14-9+. The Labute approximate surface area is 106 Å². The van der Waals surface area contributed by atoms with E-state index < -0.39 is 0 Å². The molecule has 0 aliphatic rings. The lowest BCUT2D eigenvalue weighted by Crippen LogP contribution is -2.24. The molecule has 0 amide bonds. The van der Waals surface area contributed by atoms with Crippen LogP contribution in [-0.4, -0.2) is 17.9 Å². The summed E-state index contributed by atoms with van der Waals surface area (Å²) in [4.78, 5) is 0. The van der Waals surface area contributed by atoms with Gasteiger partial charge in [-0.3, -0.25) is 5.43 Å². The molecule has 0 atom stereocenters. The number of hydrazone groups is 1. The number of rotatable bonds is 4. The smallest absolute Gasteiger partial charge is 0.184 e. The van der Waals surface area contributed by atoms with Crippen molar-refractivity contribution in [2.45, 2.75) is 6.92 Å². The predicted molar refractivity (Wildman–Crippen MR) is 75.1 cm³/mol. The van der Waals surface area contributed by atoms with Crippen LogP contribution < -0.4 is 15.9 Å². The van der Waals surface area contributed by atoms with E-state index in [4.69, 9.17) is 10.5 Å². The van der Waals surface area contributed by atoms with Gasteiger partial charge in [0, 0.05) is 0 Å². The molecule has 0 saturated heterocycles. The molecule has 0 bridgehead atoms. The summed E-state index contributed by atoms with van der Waals surface area (Å²) in [6, 6.07) is 7.73. The third-order valence-corrected chi connectivity index (χ3v) is 2.07. The van der Waals surface area contributed by atoms with E-state index in [9.17, 15) is 0 Å². The Bertz CT molecular complexity index is 438. The monoisotopic (exact) mass is 249 g/mol. The maximum atomic E-state index is 5.26. The van der Waals surface area contributed by atoms with Gasteiger partial charge in [-0.2, -0.15) is 5.10 Å². The molecule has 0 heterocycles. The maximum absolute atomic E-state index is 5.26. The molecule has 1 aromatic rings. The van der Waals surface area contributed by atoms with Crippen molar-refractivity contribution in [3.63, 3.8) is 0 Å². The van der Waals surface area contributed by atoms with Crippen LogP contribution in [0.5, 0.6) is 5.75 Å². The Balaban J connectivity index is 2.63. The summed E-state index contributed by atoms with van der Waals surface area (Å²) in [6.45, 7) is 1.85. The number of hydrogen-bond acceptors (Lipinski definition) is 3. The van der Waals surface area contributed by atoms with Crippen LogP contribution in [0.4, 0.5) is 0 Å². The highest BCUT2D eigenvalue weighted by Crippen LogP contribution is 2.12. The maximum Gasteiger partial charge on any atom is 0.184 e. The van der Waals surface area contributed by atoms with E-state index in [-0.39, 0.29) is 5.11 Å². The zero-order valence-corrected chi connectivity index (χ0v) is 10.6. The van der Waals surface area contributed by atoms with Crippen LogP contribution in [0.2, 0.25) is 0 Å². The first-order valence-electron chi connectivity index (χ1n) is 5.03. The molecule has 1 rings (SSSR count). The third-order valence-electron chi connectivity index (χ3n) is 1.98. The summed E-state index contributed by atoms with van der Waals surface area (Å²) in [5, 5.41) is 4.12. The Hall–Kier alpha value is -1.88. The average molecular weight is 249 g/mol. The number of thiocarbonyl (C=S) groups is 1. The zero-order chi connectivity index (χ0) is 12.7. The molecule has 0 fully saturated rings. The molecule has 1 aromatic carbocycles. The summed E-state index contributed by atoms with van der Waals surface area (Å²) in [5.41, 5.74) is 9.63. The number of nitrogens with zero attached hydrogens (tertiary/aromatic N) is 1. The highest BCUT2D eigenvalue weighted by molar-refractivity contribution is 7.80. The first-order valence-corrected chi connectivity index (χ1v) is 5.44. The van der Waals surface area contributed by atoms with E-state index in [1.165, 1.54) is 0 Å². The van der Waals surface area contributed by atoms with Gasteiger partial charge >= 0.3 is 0 Å². The summed E-state index contributed by atoms with van der Waals surface area (Å²) >= 11 is 4.64. The Morgan fingerprint density at radius 1 is 1.41 bits per heavy atom. The summed E-state index contributed by atoms with van der Waals surface area (Å²) in [6.07, 6.45) is 3.81. The molecule has 90 valence electrons. The van der Waals surface area contributed by atoms with Crippen LogP contribution in [-0.2, 0) is 0 Å². The fourth-order valence-corrected chi connectivity index (χ4v) is 1.16. The molecule has 0 unspecified atom stereocenters. The molecule has 0 aromatic heterocycles. The van der Waals surface area contributed by atoms with Gasteiger partial charge in [0.05, 0.1) is 12.8 Å². The Morgan fingerprint density at radius 2 is 2.06 bits per heavy atom. The lowest BCUT2D eigenvalue weighted by molar-refractivity contribution is 0.415. The zero-order valence-electron chi connectivity index (χ0n) is 9.81. The summed E-state index contributed by atoms with van der Waals surface area (Å²) in [7, 11) is 1.64. The lowest BCUT2D eigenvalue weighted by atomic mass is 10.2. The summed E-state index contributed by atoms with van der Waals surface area (Å²) < 4.78 is 5.07. The Morgan fingerprint density at radius 3 is 2.59 bits per heavy atom. The molecule has 17 heavy (non-hydrogen) atoms. The average Bonchev–Trinajstić information content (AvgIpc) is 2.34. The van der Waals surface area contributed by atoms with Crippen LogP contribution in [0.15, 0.2) is 35.4 Å². The van der Waals surface area contributed by atoms with E-state index in [1.54, 1.807) is 7.11 Å². The fraction of sp³-hybridized carbons (Fsp3) is 0.167. The number of nitrogens with one attached hydrogen (secondary N) is 1. The van der Waals surface area contributed by atoms with Crippen molar-refractivity contribution in [1.29, 1.82) is 0 Å². The minimum absolute atomic E-state index is 0.155. The number of allylic oxidation sites excluding steroid dienone is 1. The van der Waals surface area contributed by atoms with Crippen molar-refractivity contribution in [2.24, 2.45) is 10.8 Å². The van der Waals surface area contributed by atoms with Crippen LogP contribution >= 0.6 is 12.2 Å². The second-order valence-corrected chi connectivity index (χ2v) is 3.78. The van der Waals surface area contributed by atoms with Gasteiger partial charge in [0.2, 0.25) is 0 Å². The third kappa shape index (κ3) is 5.12. The van der Waals surface area contributed by atoms with E-state index in [2.05, 4.69) is 22.7 Å². The van der Waals surface area contributed by atoms with Crippen LogP contribution in [0, 0.1) is 0 Å². The number of nitrogens with two attached hydrogens (primary N) is 1. The summed E-state index contributed by atoms with van der Waals surface area (Å²) in [5.74, 6) is 0.836. The molecular weight excluding hydrogens is 234 g/mol. The molecule has 5 heteroatoms. The number of hydrogen-bond donors (Lipinski definition) is 2. The van der Waals surface area contributed by atoms with Crippen LogP contribution in [0.25, 0.3) is 6.08 Å². The van der Waals surface area contributed by atoms with E-state index in [0.29, 0.717) is 0 Å². The van der Waals surface area contributed by atoms with Crippen molar-refractivity contribution < 1.29 is 4.74 Å². The molecule has 3 N–H and O–H groups in total. The second-order valence-electron chi connectivity index (χ2n) is 3.34. The highest BCUT2D eigenvalue weighted by atomic mass is 32.1. The molecule has 0 radical (unpaired) electrons. The molecule has 0 spiro atoms. The van der Waals surface area contributed by atoms with Crippen molar-refractivity contribution >= 4 is 29.1 Å². The topological polar surface area (TPSA) is 59.6 Å². The van der Waals surface area contributed by atoms with Crippen molar-refractivity contribution in [2.75, 3.05) is 7.11 Å². The normalized spacial score (nSPS) is 11.5. The minimum Gasteiger partial charge on any atom is -0.497 e. The van der Waals surface area contributed by atoms with Gasteiger partial charge in [0.1, 0.15) is 5.75 Å². The highest BCUT2D eigenvalue weighted by Gasteiger charge is 1.90. The van der Waals surface area contributed by atoms with Gasteiger partial charge in [-0.25, -0.2) is 0 Å². The van der Waals surface area contributed by atoms with Crippen molar-refractivity contribution in [1.82, 2.24) is 5.43 Å². The van der Waals surface area contributed by atoms with Crippen molar-refractivity contribution in [3.05, 3.63) is 35.9 Å². The van der Waals surface area contributed by atoms with E-state index in [0.717, 1.165) is 17.0 Å². The number of methoxy groups -OCH3 is 1. The minimum atomic E-state index is 0.155. The van der Waals surface area contributed by atoms with Crippen LogP contribution in [0.1, 0.15) is 12.5 Å². The first-order chi connectivity index (χ1) is 8.11. The van der Waals surface area contributed by atoms with Crippen molar-refractivity contribution in [3.8, 4) is 5.75 Å². The van der Waals surface area contributed by atoms with E-state index >= 15 is 0 Å². The van der Waals surface area contributed by atoms with Gasteiger partial charge in [-0.1, -0.05) is 18.2 Å². The molecule has 0 aliphatic heterocycles. The van der Waals surface area contributed by atoms with E-state index in [1.807, 2.05) is 43.3 Å². The molecule has 0 saturated carbocycles. The largest absolute Gasteiger partial charge is 0.497 e. The lowest BCUT2D eigenvalue weighted by Gasteiger charge is -1.99. The van der Waals surface area contributed by atoms with Gasteiger partial charge < -0.3 is 10.5 Å². The second kappa shape index (κ2) is 6.65. The fourth-order valence-electron chi connectivity index (χ4n) is 1.11. The molecule has 4 nitrogen and oxygen atoms in total. The molecule has 0 aliphatic carbocycles. The van der Waals surface area contributed by atoms with Crippen LogP contribution in [0.3, 0.4) is 0 Å².